The third-order valence-electron chi connectivity index (χ3n) is 11.3. The van der Waals surface area contributed by atoms with Gasteiger partial charge in [0.1, 0.15) is 11.2 Å². The molecule has 0 amide bonds. The van der Waals surface area contributed by atoms with Gasteiger partial charge in [-0.25, -0.2) is 0 Å². The zero-order chi connectivity index (χ0) is 36.5. The summed E-state index contributed by atoms with van der Waals surface area (Å²) in [7, 11) is 0. The highest BCUT2D eigenvalue weighted by molar-refractivity contribution is 6.13. The lowest BCUT2D eigenvalue weighted by atomic mass is 9.68. The molecule has 8 aromatic rings. The first kappa shape index (κ1) is 33.0. The molecule has 1 heterocycles. The Kier molecular flexibility index (Phi) is 7.54. The van der Waals surface area contributed by atoms with Crippen molar-refractivity contribution in [3.63, 3.8) is 0 Å². The monoisotopic (exact) mass is 687 g/mol. The van der Waals surface area contributed by atoms with E-state index < -0.39 is 5.41 Å². The van der Waals surface area contributed by atoms with Crippen molar-refractivity contribution in [1.29, 1.82) is 0 Å². The Balaban J connectivity index is 1.30. The van der Waals surface area contributed by atoms with Crippen molar-refractivity contribution in [3.05, 3.63) is 197 Å². The lowest BCUT2D eigenvalue weighted by molar-refractivity contribution is 0.587. The average molecular weight is 688 g/mol. The van der Waals surface area contributed by atoms with Crippen molar-refractivity contribution >= 4 is 39.0 Å². The molecular weight excluding hydrogens is 643 g/mol. The second kappa shape index (κ2) is 12.1. The van der Waals surface area contributed by atoms with Gasteiger partial charge in [0.2, 0.25) is 0 Å². The van der Waals surface area contributed by atoms with Crippen LogP contribution in [0.5, 0.6) is 0 Å². The molecule has 0 bridgehead atoms. The first-order valence-electron chi connectivity index (χ1n) is 18.8. The van der Waals surface area contributed by atoms with Gasteiger partial charge in [0.05, 0.1) is 16.5 Å². The minimum Gasteiger partial charge on any atom is -0.456 e. The van der Waals surface area contributed by atoms with Crippen LogP contribution in [-0.2, 0) is 16.2 Å². The van der Waals surface area contributed by atoms with Crippen LogP contribution in [0.4, 0.5) is 17.1 Å². The first-order chi connectivity index (χ1) is 25.5. The second-order valence-corrected chi connectivity index (χ2v) is 16.6. The molecule has 0 fully saturated rings. The topological polar surface area (TPSA) is 16.4 Å². The van der Waals surface area contributed by atoms with Gasteiger partial charge in [-0.2, -0.15) is 0 Å². The standard InChI is InChI=1S/C51H45NO/c1-49(2,3)34-24-28-38(29-25-34)52(45-32-37(50(4,5)6)33-47-48(45)42-20-12-15-23-46(42)53-47)39-30-26-36(27-31-39)51(35-16-8-7-9-17-35)43-21-13-10-18-40(43)41-19-11-14-22-44(41)51/h7-33H,1-6H3. The van der Waals surface area contributed by atoms with Crippen molar-refractivity contribution in [2.24, 2.45) is 0 Å². The lowest BCUT2D eigenvalue weighted by Crippen LogP contribution is -2.28. The molecule has 1 aliphatic rings. The molecule has 9 rings (SSSR count). The van der Waals surface area contributed by atoms with Crippen LogP contribution in [0.1, 0.15) is 74.9 Å². The Labute approximate surface area is 313 Å². The van der Waals surface area contributed by atoms with E-state index in [9.17, 15) is 0 Å². The number of anilines is 3. The molecule has 0 aliphatic heterocycles. The average Bonchev–Trinajstić information content (AvgIpc) is 3.69. The van der Waals surface area contributed by atoms with Crippen LogP contribution in [0.15, 0.2) is 168 Å². The van der Waals surface area contributed by atoms with Crippen LogP contribution in [0.25, 0.3) is 33.1 Å². The molecule has 0 spiro atoms. The van der Waals surface area contributed by atoms with E-state index in [2.05, 4.69) is 210 Å². The summed E-state index contributed by atoms with van der Waals surface area (Å²) in [4.78, 5) is 2.43. The second-order valence-electron chi connectivity index (χ2n) is 16.6. The van der Waals surface area contributed by atoms with Crippen LogP contribution in [0, 0.1) is 0 Å². The fraction of sp³-hybridized carbons (Fsp3) is 0.176. The summed E-state index contributed by atoms with van der Waals surface area (Å²) in [5.41, 5.74) is 14.9. The molecule has 7 aromatic carbocycles. The Morgan fingerprint density at radius 3 is 1.57 bits per heavy atom. The summed E-state index contributed by atoms with van der Waals surface area (Å²) in [5, 5.41) is 2.24. The molecule has 1 aliphatic carbocycles. The highest BCUT2D eigenvalue weighted by Crippen LogP contribution is 2.56. The summed E-state index contributed by atoms with van der Waals surface area (Å²) in [6.07, 6.45) is 0. The Morgan fingerprint density at radius 2 is 0.962 bits per heavy atom. The van der Waals surface area contributed by atoms with Gasteiger partial charge >= 0.3 is 0 Å². The van der Waals surface area contributed by atoms with E-state index in [1.165, 1.54) is 44.5 Å². The normalized spacial score (nSPS) is 13.6. The number of hydrogen-bond acceptors (Lipinski definition) is 2. The zero-order valence-corrected chi connectivity index (χ0v) is 31.4. The molecule has 53 heavy (non-hydrogen) atoms. The predicted molar refractivity (Wildman–Crippen MR) is 223 cm³/mol. The Hall–Kier alpha value is -5.86. The molecule has 260 valence electrons. The van der Waals surface area contributed by atoms with Gasteiger partial charge < -0.3 is 9.32 Å². The van der Waals surface area contributed by atoms with Crippen molar-refractivity contribution in [3.8, 4) is 11.1 Å². The molecule has 0 saturated carbocycles. The molecule has 0 atom stereocenters. The van der Waals surface area contributed by atoms with Crippen LogP contribution in [0.3, 0.4) is 0 Å². The minimum absolute atomic E-state index is 0.0464. The Bertz CT molecular complexity index is 2570. The maximum absolute atomic E-state index is 6.60. The third-order valence-corrected chi connectivity index (χ3v) is 11.3. The predicted octanol–water partition coefficient (Wildman–Crippen LogP) is 14.0. The SMILES string of the molecule is CC(C)(C)c1ccc(N(c2ccc(C3(c4ccccc4)c4ccccc4-c4ccccc43)cc2)c2cc(C(C)(C)C)cc3oc4ccccc4c23)cc1. The van der Waals surface area contributed by atoms with E-state index in [4.69, 9.17) is 4.42 Å². The van der Waals surface area contributed by atoms with Crippen LogP contribution >= 0.6 is 0 Å². The number of furan rings is 1. The van der Waals surface area contributed by atoms with Gasteiger partial charge in [-0.15, -0.1) is 0 Å². The maximum atomic E-state index is 6.60. The summed E-state index contributed by atoms with van der Waals surface area (Å²) in [6, 6.07) is 60.4. The molecule has 2 heteroatoms. The van der Waals surface area contributed by atoms with Crippen LogP contribution < -0.4 is 4.90 Å². The highest BCUT2D eigenvalue weighted by Gasteiger charge is 2.45. The number of para-hydroxylation sites is 1. The summed E-state index contributed by atoms with van der Waals surface area (Å²) < 4.78 is 6.60. The fourth-order valence-corrected chi connectivity index (χ4v) is 8.55. The molecule has 0 saturated heterocycles. The van der Waals surface area contributed by atoms with Crippen molar-refractivity contribution in [2.75, 3.05) is 4.90 Å². The zero-order valence-electron chi connectivity index (χ0n) is 31.4. The van der Waals surface area contributed by atoms with E-state index >= 15 is 0 Å². The van der Waals surface area contributed by atoms with Crippen LogP contribution in [0.2, 0.25) is 0 Å². The van der Waals surface area contributed by atoms with Crippen molar-refractivity contribution < 1.29 is 4.42 Å². The number of hydrogen-bond donors (Lipinski definition) is 0. The summed E-state index contributed by atoms with van der Waals surface area (Å²) >= 11 is 0. The number of rotatable bonds is 5. The van der Waals surface area contributed by atoms with E-state index in [-0.39, 0.29) is 10.8 Å². The largest absolute Gasteiger partial charge is 0.456 e. The maximum Gasteiger partial charge on any atom is 0.137 e. The van der Waals surface area contributed by atoms with Gasteiger partial charge in [0, 0.05) is 16.8 Å². The first-order valence-corrected chi connectivity index (χ1v) is 18.8. The number of fused-ring (bicyclic) bond motifs is 6. The van der Waals surface area contributed by atoms with E-state index in [1.54, 1.807) is 0 Å². The highest BCUT2D eigenvalue weighted by atomic mass is 16.3. The molecular formula is C51H45NO. The van der Waals surface area contributed by atoms with Gasteiger partial charge in [-0.05, 0) is 97.8 Å². The van der Waals surface area contributed by atoms with Crippen molar-refractivity contribution in [2.45, 2.75) is 57.8 Å². The minimum atomic E-state index is -0.452. The van der Waals surface area contributed by atoms with Gasteiger partial charge in [-0.3, -0.25) is 0 Å². The van der Waals surface area contributed by atoms with Crippen LogP contribution in [-0.4, -0.2) is 0 Å². The smallest absolute Gasteiger partial charge is 0.137 e. The van der Waals surface area contributed by atoms with Crippen molar-refractivity contribution in [1.82, 2.24) is 0 Å². The van der Waals surface area contributed by atoms with E-state index in [1.807, 2.05) is 0 Å². The Morgan fingerprint density at radius 1 is 0.453 bits per heavy atom. The molecule has 2 nitrogen and oxygen atoms in total. The molecule has 0 unspecified atom stereocenters. The van der Waals surface area contributed by atoms with Gasteiger partial charge in [0.15, 0.2) is 0 Å². The number of benzene rings is 7. The quantitative estimate of drug-likeness (QED) is 0.179. The summed E-state index contributed by atoms with van der Waals surface area (Å²) in [6.45, 7) is 13.6. The third kappa shape index (κ3) is 5.23. The lowest BCUT2D eigenvalue weighted by Gasteiger charge is -2.34. The number of nitrogens with zero attached hydrogens (tertiary/aromatic N) is 1. The molecule has 1 aromatic heterocycles. The van der Waals surface area contributed by atoms with E-state index in [0.29, 0.717) is 0 Å². The van der Waals surface area contributed by atoms with Gasteiger partial charge in [0.25, 0.3) is 0 Å². The van der Waals surface area contributed by atoms with E-state index in [0.717, 1.165) is 39.0 Å². The molecule has 0 N–H and O–H groups in total. The summed E-state index contributed by atoms with van der Waals surface area (Å²) in [5.74, 6) is 0. The fourth-order valence-electron chi connectivity index (χ4n) is 8.55. The molecule has 0 radical (unpaired) electrons. The van der Waals surface area contributed by atoms with Gasteiger partial charge in [-0.1, -0.05) is 163 Å².